The van der Waals surface area contributed by atoms with E-state index in [1.807, 2.05) is 23.6 Å². The van der Waals surface area contributed by atoms with Gasteiger partial charge in [-0.2, -0.15) is 5.26 Å². The van der Waals surface area contributed by atoms with Crippen molar-refractivity contribution in [2.24, 2.45) is 0 Å². The minimum atomic E-state index is 0.639. The molecule has 0 spiro atoms. The van der Waals surface area contributed by atoms with E-state index in [9.17, 15) is 0 Å². The molecule has 3 rings (SSSR count). The molecule has 0 aliphatic rings. The molecule has 5 heteroatoms. The number of nitrogens with one attached hydrogen (secondary N) is 1. The van der Waals surface area contributed by atoms with E-state index in [0.29, 0.717) is 5.56 Å². The summed E-state index contributed by atoms with van der Waals surface area (Å²) in [6.45, 7) is 0. The van der Waals surface area contributed by atoms with E-state index in [1.165, 1.54) is 11.3 Å². The standard InChI is InChI=1S/C13H8N4S/c14-7-9-2-1-3-10(6-9)11-8-18-13(17-11)12-15-4-5-16-12/h1-6,8H,(H,15,16). The average molecular weight is 252 g/mol. The fraction of sp³-hybridized carbons (Fsp3) is 0. The Labute approximate surface area is 108 Å². The summed E-state index contributed by atoms with van der Waals surface area (Å²) in [4.78, 5) is 11.7. The number of aromatic amines is 1. The number of imidazole rings is 1. The molecule has 2 aromatic heterocycles. The molecule has 0 unspecified atom stereocenters. The smallest absolute Gasteiger partial charge is 0.166 e. The summed E-state index contributed by atoms with van der Waals surface area (Å²) in [5.41, 5.74) is 2.45. The lowest BCUT2D eigenvalue weighted by Crippen LogP contribution is -1.82. The first-order valence-electron chi connectivity index (χ1n) is 5.32. The van der Waals surface area contributed by atoms with Gasteiger partial charge in [-0.25, -0.2) is 9.97 Å². The molecule has 0 saturated heterocycles. The second-order valence-electron chi connectivity index (χ2n) is 3.67. The minimum Gasteiger partial charge on any atom is -0.343 e. The quantitative estimate of drug-likeness (QED) is 0.762. The maximum absolute atomic E-state index is 8.88. The molecule has 18 heavy (non-hydrogen) atoms. The van der Waals surface area contributed by atoms with Gasteiger partial charge in [-0.1, -0.05) is 12.1 Å². The summed E-state index contributed by atoms with van der Waals surface area (Å²) in [6.07, 6.45) is 3.47. The fourth-order valence-electron chi connectivity index (χ4n) is 1.65. The summed E-state index contributed by atoms with van der Waals surface area (Å²) in [5, 5.41) is 11.7. The predicted molar refractivity (Wildman–Crippen MR) is 69.8 cm³/mol. The Morgan fingerprint density at radius 1 is 1.33 bits per heavy atom. The lowest BCUT2D eigenvalue weighted by Gasteiger charge is -1.96. The highest BCUT2D eigenvalue weighted by molar-refractivity contribution is 7.13. The van der Waals surface area contributed by atoms with E-state index < -0.39 is 0 Å². The number of thiazole rings is 1. The first-order valence-corrected chi connectivity index (χ1v) is 6.20. The van der Waals surface area contributed by atoms with Gasteiger partial charge in [0, 0.05) is 23.3 Å². The Bertz CT molecular complexity index is 707. The third-order valence-electron chi connectivity index (χ3n) is 2.49. The highest BCUT2D eigenvalue weighted by Gasteiger charge is 2.08. The molecule has 86 valence electrons. The first kappa shape index (κ1) is 10.7. The molecule has 0 radical (unpaired) electrons. The largest absolute Gasteiger partial charge is 0.343 e. The summed E-state index contributed by atoms with van der Waals surface area (Å²) < 4.78 is 0. The van der Waals surface area contributed by atoms with Crippen molar-refractivity contribution < 1.29 is 0 Å². The van der Waals surface area contributed by atoms with Gasteiger partial charge in [0.25, 0.3) is 0 Å². The summed E-state index contributed by atoms with van der Waals surface area (Å²) in [6, 6.07) is 9.55. The van der Waals surface area contributed by atoms with Crippen molar-refractivity contribution in [1.29, 1.82) is 5.26 Å². The molecular weight excluding hydrogens is 244 g/mol. The van der Waals surface area contributed by atoms with E-state index in [1.54, 1.807) is 18.5 Å². The number of nitrogens with zero attached hydrogens (tertiary/aromatic N) is 3. The van der Waals surface area contributed by atoms with Crippen molar-refractivity contribution in [3.63, 3.8) is 0 Å². The van der Waals surface area contributed by atoms with Crippen LogP contribution in [0.25, 0.3) is 22.1 Å². The minimum absolute atomic E-state index is 0.639. The third kappa shape index (κ3) is 1.90. The van der Waals surface area contributed by atoms with Crippen molar-refractivity contribution >= 4 is 11.3 Å². The van der Waals surface area contributed by atoms with Crippen molar-refractivity contribution in [3.8, 4) is 28.2 Å². The van der Waals surface area contributed by atoms with Gasteiger partial charge in [-0.05, 0) is 12.1 Å². The molecule has 4 nitrogen and oxygen atoms in total. The molecule has 3 aromatic rings. The van der Waals surface area contributed by atoms with E-state index in [0.717, 1.165) is 22.1 Å². The van der Waals surface area contributed by atoms with Crippen molar-refractivity contribution in [3.05, 3.63) is 47.6 Å². The van der Waals surface area contributed by atoms with Crippen LogP contribution < -0.4 is 0 Å². The number of hydrogen-bond donors (Lipinski definition) is 1. The zero-order valence-corrected chi connectivity index (χ0v) is 10.1. The third-order valence-corrected chi connectivity index (χ3v) is 3.34. The highest BCUT2D eigenvalue weighted by atomic mass is 32.1. The highest BCUT2D eigenvalue weighted by Crippen LogP contribution is 2.27. The van der Waals surface area contributed by atoms with Gasteiger partial charge in [0.05, 0.1) is 17.3 Å². The van der Waals surface area contributed by atoms with Crippen LogP contribution in [0.3, 0.4) is 0 Å². The molecule has 0 fully saturated rings. The molecule has 0 aliphatic carbocycles. The molecule has 0 amide bonds. The second kappa shape index (κ2) is 4.43. The Kier molecular flexibility index (Phi) is 2.63. The Morgan fingerprint density at radius 3 is 3.06 bits per heavy atom. The molecule has 0 atom stereocenters. The van der Waals surface area contributed by atoms with Gasteiger partial charge in [0.15, 0.2) is 10.8 Å². The van der Waals surface area contributed by atoms with Crippen LogP contribution in [0.5, 0.6) is 0 Å². The zero-order chi connectivity index (χ0) is 12.4. The van der Waals surface area contributed by atoms with E-state index >= 15 is 0 Å². The Hall–Kier alpha value is -2.45. The maximum atomic E-state index is 8.88. The van der Waals surface area contributed by atoms with Crippen LogP contribution in [0.4, 0.5) is 0 Å². The number of H-pyrrole nitrogens is 1. The van der Waals surface area contributed by atoms with E-state index in [2.05, 4.69) is 21.0 Å². The molecule has 0 bridgehead atoms. The van der Waals surface area contributed by atoms with E-state index in [-0.39, 0.29) is 0 Å². The normalized spacial score (nSPS) is 10.2. The molecule has 1 aromatic carbocycles. The van der Waals surface area contributed by atoms with Gasteiger partial charge in [0.1, 0.15) is 0 Å². The van der Waals surface area contributed by atoms with Gasteiger partial charge < -0.3 is 4.98 Å². The summed E-state index contributed by atoms with van der Waals surface area (Å²) >= 11 is 1.53. The van der Waals surface area contributed by atoms with Crippen LogP contribution in [0.15, 0.2) is 42.0 Å². The van der Waals surface area contributed by atoms with E-state index in [4.69, 9.17) is 5.26 Å². The van der Waals surface area contributed by atoms with Crippen LogP contribution in [-0.2, 0) is 0 Å². The van der Waals surface area contributed by atoms with Crippen molar-refractivity contribution in [1.82, 2.24) is 15.0 Å². The van der Waals surface area contributed by atoms with Crippen LogP contribution in [0.2, 0.25) is 0 Å². The van der Waals surface area contributed by atoms with Gasteiger partial charge >= 0.3 is 0 Å². The number of hydrogen-bond acceptors (Lipinski definition) is 4. The first-order chi connectivity index (χ1) is 8.86. The number of nitriles is 1. The lowest BCUT2D eigenvalue weighted by molar-refractivity contribution is 1.27. The lowest BCUT2D eigenvalue weighted by atomic mass is 10.1. The zero-order valence-electron chi connectivity index (χ0n) is 9.29. The number of benzene rings is 1. The van der Waals surface area contributed by atoms with Gasteiger partial charge in [0.2, 0.25) is 0 Å². The van der Waals surface area contributed by atoms with Crippen LogP contribution >= 0.6 is 11.3 Å². The Balaban J connectivity index is 2.01. The average Bonchev–Trinajstić information content (AvgIpc) is 3.09. The molecule has 1 N–H and O–H groups in total. The molecule has 2 heterocycles. The molecule has 0 aliphatic heterocycles. The molecule has 0 saturated carbocycles. The van der Waals surface area contributed by atoms with Crippen LogP contribution in [-0.4, -0.2) is 15.0 Å². The SMILES string of the molecule is N#Cc1cccc(-c2csc(-c3ncc[nH]3)n2)c1. The second-order valence-corrected chi connectivity index (χ2v) is 4.53. The van der Waals surface area contributed by atoms with Crippen LogP contribution in [0, 0.1) is 11.3 Å². The van der Waals surface area contributed by atoms with Gasteiger partial charge in [-0.3, -0.25) is 0 Å². The maximum Gasteiger partial charge on any atom is 0.166 e. The Morgan fingerprint density at radius 2 is 2.28 bits per heavy atom. The van der Waals surface area contributed by atoms with Crippen molar-refractivity contribution in [2.45, 2.75) is 0 Å². The summed E-state index contributed by atoms with van der Waals surface area (Å²) in [7, 11) is 0. The number of aromatic nitrogens is 3. The topological polar surface area (TPSA) is 65.4 Å². The molecular formula is C13H8N4S. The monoisotopic (exact) mass is 252 g/mol. The van der Waals surface area contributed by atoms with Crippen molar-refractivity contribution in [2.75, 3.05) is 0 Å². The number of rotatable bonds is 2. The summed E-state index contributed by atoms with van der Waals surface area (Å²) in [5.74, 6) is 0.766. The fourth-order valence-corrected chi connectivity index (χ4v) is 2.43. The van der Waals surface area contributed by atoms with Gasteiger partial charge in [-0.15, -0.1) is 11.3 Å². The van der Waals surface area contributed by atoms with Crippen LogP contribution in [0.1, 0.15) is 5.56 Å². The predicted octanol–water partition coefficient (Wildman–Crippen LogP) is 3.07.